The van der Waals surface area contributed by atoms with E-state index in [1.54, 1.807) is 11.8 Å². The maximum absolute atomic E-state index is 9.92. The van der Waals surface area contributed by atoms with Crippen molar-refractivity contribution in [2.75, 3.05) is 12.3 Å². The highest BCUT2D eigenvalue weighted by atomic mass is 32.2. The molecule has 0 amide bonds. The van der Waals surface area contributed by atoms with Gasteiger partial charge in [-0.25, -0.2) is 4.68 Å². The second-order valence-electron chi connectivity index (χ2n) is 5.49. The number of hydrogen-bond acceptors (Lipinski definition) is 6. The number of tetrazole rings is 1. The fraction of sp³-hybridized carbons (Fsp3) is 0.917. The molecule has 0 saturated heterocycles. The van der Waals surface area contributed by atoms with Gasteiger partial charge in [0.1, 0.15) is 0 Å². The van der Waals surface area contributed by atoms with Crippen LogP contribution in [0.25, 0.3) is 0 Å². The van der Waals surface area contributed by atoms with Crippen molar-refractivity contribution in [2.24, 2.45) is 0 Å². The van der Waals surface area contributed by atoms with Gasteiger partial charge in [0, 0.05) is 18.3 Å². The molecule has 7 heteroatoms. The van der Waals surface area contributed by atoms with Gasteiger partial charge in [0.15, 0.2) is 0 Å². The monoisotopic (exact) mass is 283 g/mol. The lowest BCUT2D eigenvalue weighted by Gasteiger charge is -2.13. The van der Waals surface area contributed by atoms with Crippen LogP contribution in [0, 0.1) is 0 Å². The number of nitrogens with zero attached hydrogens (tertiary/aromatic N) is 4. The predicted octanol–water partition coefficient (Wildman–Crippen LogP) is 0.993. The molecule has 2 saturated carbocycles. The highest BCUT2D eigenvalue weighted by Crippen LogP contribution is 2.31. The summed E-state index contributed by atoms with van der Waals surface area (Å²) < 4.78 is 1.94. The minimum Gasteiger partial charge on any atom is -0.391 e. The average molecular weight is 283 g/mol. The lowest BCUT2D eigenvalue weighted by Crippen LogP contribution is -2.30. The lowest BCUT2D eigenvalue weighted by molar-refractivity contribution is 0.195. The smallest absolute Gasteiger partial charge is 0.209 e. The van der Waals surface area contributed by atoms with Gasteiger partial charge in [-0.15, -0.1) is 5.10 Å². The normalized spacial score (nSPS) is 21.9. The van der Waals surface area contributed by atoms with E-state index in [9.17, 15) is 5.11 Å². The van der Waals surface area contributed by atoms with Gasteiger partial charge < -0.3 is 10.4 Å². The Labute approximate surface area is 117 Å². The van der Waals surface area contributed by atoms with Crippen molar-refractivity contribution >= 4 is 11.8 Å². The number of hydrogen-bond donors (Lipinski definition) is 2. The Morgan fingerprint density at radius 2 is 2.11 bits per heavy atom. The topological polar surface area (TPSA) is 75.9 Å². The van der Waals surface area contributed by atoms with E-state index in [1.807, 2.05) is 4.68 Å². The fourth-order valence-electron chi connectivity index (χ4n) is 2.48. The van der Waals surface area contributed by atoms with Gasteiger partial charge in [-0.1, -0.05) is 24.6 Å². The van der Waals surface area contributed by atoms with Crippen molar-refractivity contribution in [3.8, 4) is 0 Å². The minimum absolute atomic E-state index is 0.334. The Kier molecular flexibility index (Phi) is 4.35. The van der Waals surface area contributed by atoms with Crippen LogP contribution in [-0.2, 0) is 0 Å². The molecule has 2 N–H and O–H groups in total. The summed E-state index contributed by atoms with van der Waals surface area (Å²) in [5, 5.41) is 26.0. The van der Waals surface area contributed by atoms with Crippen molar-refractivity contribution in [3.63, 3.8) is 0 Å². The molecule has 0 aromatic carbocycles. The minimum atomic E-state index is -0.334. The summed E-state index contributed by atoms with van der Waals surface area (Å²) in [5.74, 6) is 0.646. The fourth-order valence-corrected chi connectivity index (χ4v) is 3.35. The van der Waals surface area contributed by atoms with Gasteiger partial charge in [0.2, 0.25) is 5.16 Å². The van der Waals surface area contributed by atoms with Gasteiger partial charge in [0.25, 0.3) is 0 Å². The number of thioether (sulfide) groups is 1. The quantitative estimate of drug-likeness (QED) is 0.727. The first-order chi connectivity index (χ1) is 9.33. The number of nitrogens with one attached hydrogen (secondary N) is 1. The van der Waals surface area contributed by atoms with E-state index in [2.05, 4.69) is 20.8 Å². The van der Waals surface area contributed by atoms with Crippen LogP contribution in [-0.4, -0.2) is 49.8 Å². The Morgan fingerprint density at radius 3 is 2.84 bits per heavy atom. The number of aliphatic hydroxyl groups is 1. The van der Waals surface area contributed by atoms with Gasteiger partial charge in [-0.3, -0.25) is 0 Å². The molecular weight excluding hydrogens is 262 g/mol. The molecular formula is C12H21N5OS. The van der Waals surface area contributed by atoms with Crippen molar-refractivity contribution in [2.45, 2.75) is 61.9 Å². The van der Waals surface area contributed by atoms with E-state index in [0.717, 1.165) is 5.16 Å². The summed E-state index contributed by atoms with van der Waals surface area (Å²) >= 11 is 1.56. The van der Waals surface area contributed by atoms with E-state index in [4.69, 9.17) is 0 Å². The standard InChI is InChI=1S/C12H21N5OS/c18-11(7-13-9-5-6-9)8-19-12-14-15-16-17(12)10-3-1-2-4-10/h9-11,13,18H,1-8H2. The molecule has 19 heavy (non-hydrogen) atoms. The Balaban J connectivity index is 1.47. The Bertz CT molecular complexity index is 403. The van der Waals surface area contributed by atoms with E-state index in [0.29, 0.717) is 24.4 Å². The van der Waals surface area contributed by atoms with Gasteiger partial charge in [0.05, 0.1) is 12.1 Å². The van der Waals surface area contributed by atoms with Crippen molar-refractivity contribution < 1.29 is 5.11 Å². The third kappa shape index (κ3) is 3.67. The summed E-state index contributed by atoms with van der Waals surface area (Å²) in [6, 6.07) is 1.10. The maximum atomic E-state index is 9.92. The molecule has 3 rings (SSSR count). The molecule has 0 spiro atoms. The molecule has 1 aromatic rings. The predicted molar refractivity (Wildman–Crippen MR) is 73.1 cm³/mol. The highest BCUT2D eigenvalue weighted by Gasteiger charge is 2.23. The van der Waals surface area contributed by atoms with Crippen LogP contribution in [0.4, 0.5) is 0 Å². The van der Waals surface area contributed by atoms with Crippen LogP contribution in [0.1, 0.15) is 44.6 Å². The SMILES string of the molecule is OC(CNC1CC1)CSc1nnnn1C1CCCC1. The molecule has 106 valence electrons. The van der Waals surface area contributed by atoms with E-state index >= 15 is 0 Å². The van der Waals surface area contributed by atoms with Crippen LogP contribution in [0.3, 0.4) is 0 Å². The number of rotatable bonds is 7. The van der Waals surface area contributed by atoms with Crippen molar-refractivity contribution in [1.29, 1.82) is 0 Å². The summed E-state index contributed by atoms with van der Waals surface area (Å²) in [7, 11) is 0. The molecule has 2 aliphatic rings. The van der Waals surface area contributed by atoms with E-state index in [1.165, 1.54) is 38.5 Å². The van der Waals surface area contributed by atoms with Crippen LogP contribution < -0.4 is 5.32 Å². The van der Waals surface area contributed by atoms with Crippen LogP contribution >= 0.6 is 11.8 Å². The summed E-state index contributed by atoms with van der Waals surface area (Å²) in [5.41, 5.74) is 0. The molecule has 0 radical (unpaired) electrons. The first-order valence-electron chi connectivity index (χ1n) is 7.15. The molecule has 0 aliphatic heterocycles. The largest absolute Gasteiger partial charge is 0.391 e. The first-order valence-corrected chi connectivity index (χ1v) is 8.13. The van der Waals surface area contributed by atoms with Gasteiger partial charge in [-0.2, -0.15) is 0 Å². The number of aliphatic hydroxyl groups excluding tert-OH is 1. The second-order valence-corrected chi connectivity index (χ2v) is 6.48. The van der Waals surface area contributed by atoms with Gasteiger partial charge in [-0.05, 0) is 36.1 Å². The average Bonchev–Trinajstić information content (AvgIpc) is 2.92. The molecule has 6 nitrogen and oxygen atoms in total. The van der Waals surface area contributed by atoms with Crippen LogP contribution in [0.2, 0.25) is 0 Å². The zero-order valence-corrected chi connectivity index (χ0v) is 11.8. The molecule has 1 atom stereocenters. The highest BCUT2D eigenvalue weighted by molar-refractivity contribution is 7.99. The zero-order valence-electron chi connectivity index (χ0n) is 11.0. The van der Waals surface area contributed by atoms with E-state index in [-0.39, 0.29) is 6.10 Å². The molecule has 2 fully saturated rings. The van der Waals surface area contributed by atoms with Gasteiger partial charge >= 0.3 is 0 Å². The molecule has 0 bridgehead atoms. The Hall–Kier alpha value is -0.660. The molecule has 2 aliphatic carbocycles. The molecule has 1 unspecified atom stereocenters. The van der Waals surface area contributed by atoms with Crippen LogP contribution in [0.5, 0.6) is 0 Å². The zero-order chi connectivity index (χ0) is 13.1. The number of aromatic nitrogens is 4. The maximum Gasteiger partial charge on any atom is 0.209 e. The first kappa shape index (κ1) is 13.3. The van der Waals surface area contributed by atoms with Crippen molar-refractivity contribution in [1.82, 2.24) is 25.5 Å². The second kappa shape index (κ2) is 6.19. The van der Waals surface area contributed by atoms with Crippen molar-refractivity contribution in [3.05, 3.63) is 0 Å². The summed E-state index contributed by atoms with van der Waals surface area (Å²) in [6.45, 7) is 0.669. The van der Waals surface area contributed by atoms with E-state index < -0.39 is 0 Å². The third-order valence-corrected chi connectivity index (χ3v) is 4.84. The lowest BCUT2D eigenvalue weighted by atomic mass is 10.3. The third-order valence-electron chi connectivity index (χ3n) is 3.76. The summed E-state index contributed by atoms with van der Waals surface area (Å²) in [4.78, 5) is 0. The Morgan fingerprint density at radius 1 is 1.32 bits per heavy atom. The van der Waals surface area contributed by atoms with Crippen LogP contribution in [0.15, 0.2) is 5.16 Å². The summed E-state index contributed by atoms with van der Waals surface area (Å²) in [6.07, 6.45) is 7.04. The molecule has 1 heterocycles. The molecule has 1 aromatic heterocycles.